The zero-order chi connectivity index (χ0) is 12.5. The zero-order valence-corrected chi connectivity index (χ0v) is 11.1. The van der Waals surface area contributed by atoms with E-state index in [1.807, 2.05) is 11.9 Å². The number of hydrogen-bond acceptors (Lipinski definition) is 8. The third-order valence-electron chi connectivity index (χ3n) is 2.92. The summed E-state index contributed by atoms with van der Waals surface area (Å²) in [5, 5.41) is 4.69. The molecule has 9 heteroatoms. The van der Waals surface area contributed by atoms with Gasteiger partial charge in [-0.15, -0.1) is 5.10 Å². The molecule has 0 aliphatic carbocycles. The van der Waals surface area contributed by atoms with Crippen LogP contribution in [0.1, 0.15) is 12.1 Å². The Kier molecular flexibility index (Phi) is 3.61. The molecule has 2 rings (SSSR count). The van der Waals surface area contributed by atoms with Crippen LogP contribution in [0, 0.1) is 0 Å². The predicted molar refractivity (Wildman–Crippen MR) is 66.2 cm³/mol. The minimum absolute atomic E-state index is 0.0623. The second-order valence-electron chi connectivity index (χ2n) is 4.17. The molecular formula is C8H15N5O2S2. The maximum absolute atomic E-state index is 11.4. The van der Waals surface area contributed by atoms with Gasteiger partial charge in [0.25, 0.3) is 0 Å². The molecule has 7 nitrogen and oxygen atoms in total. The Bertz CT molecular complexity index is 486. The second-order valence-corrected chi connectivity index (χ2v) is 7.15. The van der Waals surface area contributed by atoms with Gasteiger partial charge in [0.15, 0.2) is 9.84 Å². The quantitative estimate of drug-likeness (QED) is 0.562. The monoisotopic (exact) mass is 277 g/mol. The van der Waals surface area contributed by atoms with E-state index >= 15 is 0 Å². The van der Waals surface area contributed by atoms with Gasteiger partial charge in [-0.3, -0.25) is 4.90 Å². The van der Waals surface area contributed by atoms with E-state index in [-0.39, 0.29) is 17.5 Å². The van der Waals surface area contributed by atoms with Crippen molar-refractivity contribution in [1.82, 2.24) is 14.5 Å². The van der Waals surface area contributed by atoms with Crippen molar-refractivity contribution in [2.24, 2.45) is 5.84 Å². The van der Waals surface area contributed by atoms with Crippen LogP contribution in [0.4, 0.5) is 5.00 Å². The fourth-order valence-corrected chi connectivity index (χ4v) is 4.20. The number of nitrogens with zero attached hydrogens (tertiary/aromatic N) is 3. The Labute approximate surface area is 104 Å². The van der Waals surface area contributed by atoms with Gasteiger partial charge in [0.05, 0.1) is 11.5 Å². The van der Waals surface area contributed by atoms with Gasteiger partial charge in [-0.1, -0.05) is 4.49 Å². The number of hydrogen-bond donors (Lipinski definition) is 2. The van der Waals surface area contributed by atoms with Crippen LogP contribution in [0.25, 0.3) is 0 Å². The molecule has 96 valence electrons. The summed E-state index contributed by atoms with van der Waals surface area (Å²) < 4.78 is 26.6. The molecule has 0 aromatic carbocycles. The molecule has 1 unspecified atom stereocenters. The number of aromatic nitrogens is 2. The van der Waals surface area contributed by atoms with Gasteiger partial charge >= 0.3 is 0 Å². The molecular weight excluding hydrogens is 262 g/mol. The lowest BCUT2D eigenvalue weighted by Crippen LogP contribution is -2.32. The molecule has 0 saturated carbocycles. The Balaban J connectivity index is 2.00. The fraction of sp³-hybridized carbons (Fsp3) is 0.750. The van der Waals surface area contributed by atoms with Crippen LogP contribution in [0.15, 0.2) is 0 Å². The lowest BCUT2D eigenvalue weighted by Gasteiger charge is -2.21. The summed E-state index contributed by atoms with van der Waals surface area (Å²) in [6.07, 6.45) is 0.682. The molecule has 0 radical (unpaired) electrons. The zero-order valence-electron chi connectivity index (χ0n) is 9.46. The van der Waals surface area contributed by atoms with Crippen LogP contribution in [0.2, 0.25) is 0 Å². The average molecular weight is 277 g/mol. The highest BCUT2D eigenvalue weighted by molar-refractivity contribution is 7.91. The average Bonchev–Trinajstić information content (AvgIpc) is 2.84. The maximum Gasteiger partial charge on any atom is 0.151 e. The first-order valence-corrected chi connectivity index (χ1v) is 7.80. The van der Waals surface area contributed by atoms with E-state index < -0.39 is 9.84 Å². The number of rotatable bonds is 4. The normalized spacial score (nSPS) is 23.1. The Hall–Kier alpha value is -0.770. The molecule has 1 aromatic heterocycles. The summed E-state index contributed by atoms with van der Waals surface area (Å²) in [6, 6.07) is 0.0623. The molecule has 1 aliphatic heterocycles. The van der Waals surface area contributed by atoms with Crippen LogP contribution in [0.3, 0.4) is 0 Å². The molecule has 1 fully saturated rings. The Morgan fingerprint density at radius 3 is 3.00 bits per heavy atom. The molecule has 1 atom stereocenters. The standard InChI is InChI=1S/C8H15N5O2S2/c1-13(6-2-3-17(14,15)5-6)4-7-8(10-9)16-12-11-7/h6,10H,2-5,9H2,1H3. The van der Waals surface area contributed by atoms with E-state index in [9.17, 15) is 8.42 Å². The number of anilines is 1. The molecule has 1 saturated heterocycles. The van der Waals surface area contributed by atoms with Crippen molar-refractivity contribution in [3.8, 4) is 0 Å². The van der Waals surface area contributed by atoms with Gasteiger partial charge < -0.3 is 5.43 Å². The molecule has 1 aromatic rings. The highest BCUT2D eigenvalue weighted by Crippen LogP contribution is 2.22. The Morgan fingerprint density at radius 1 is 1.65 bits per heavy atom. The van der Waals surface area contributed by atoms with Crippen LogP contribution in [0.5, 0.6) is 0 Å². The van der Waals surface area contributed by atoms with Gasteiger partial charge in [-0.25, -0.2) is 14.3 Å². The molecule has 1 aliphatic rings. The third-order valence-corrected chi connectivity index (χ3v) is 5.37. The van der Waals surface area contributed by atoms with Crippen LogP contribution >= 0.6 is 11.5 Å². The fourth-order valence-electron chi connectivity index (χ4n) is 1.91. The molecule has 2 heterocycles. The SMILES string of the molecule is CN(Cc1nnsc1NN)C1CCS(=O)(=O)C1. The van der Waals surface area contributed by atoms with Crippen LogP contribution in [-0.4, -0.2) is 47.5 Å². The molecule has 17 heavy (non-hydrogen) atoms. The topological polar surface area (TPSA) is 101 Å². The van der Waals surface area contributed by atoms with Crippen molar-refractivity contribution in [1.29, 1.82) is 0 Å². The van der Waals surface area contributed by atoms with Crippen molar-refractivity contribution in [2.75, 3.05) is 24.0 Å². The minimum Gasteiger partial charge on any atom is -0.313 e. The highest BCUT2D eigenvalue weighted by Gasteiger charge is 2.31. The summed E-state index contributed by atoms with van der Waals surface area (Å²) in [5.41, 5.74) is 3.29. The second kappa shape index (κ2) is 4.84. The lowest BCUT2D eigenvalue weighted by molar-refractivity contribution is 0.251. The van der Waals surface area contributed by atoms with E-state index in [1.165, 1.54) is 11.5 Å². The highest BCUT2D eigenvalue weighted by atomic mass is 32.2. The van der Waals surface area contributed by atoms with E-state index in [4.69, 9.17) is 5.84 Å². The first kappa shape index (κ1) is 12.7. The number of hydrazine groups is 1. The molecule has 0 amide bonds. The molecule has 0 bridgehead atoms. The van der Waals surface area contributed by atoms with E-state index in [1.54, 1.807) is 0 Å². The van der Waals surface area contributed by atoms with Crippen LogP contribution in [-0.2, 0) is 16.4 Å². The van der Waals surface area contributed by atoms with Crippen LogP contribution < -0.4 is 11.3 Å². The molecule has 3 N–H and O–H groups in total. The lowest BCUT2D eigenvalue weighted by atomic mass is 10.2. The number of nitrogens with two attached hydrogens (primary N) is 1. The van der Waals surface area contributed by atoms with Gasteiger partial charge in [0.2, 0.25) is 0 Å². The van der Waals surface area contributed by atoms with Crippen molar-refractivity contribution >= 4 is 26.4 Å². The summed E-state index contributed by atoms with van der Waals surface area (Å²) in [6.45, 7) is 0.552. The van der Waals surface area contributed by atoms with Crippen molar-refractivity contribution in [3.63, 3.8) is 0 Å². The molecule has 0 spiro atoms. The number of nitrogen functional groups attached to an aromatic ring is 1. The Morgan fingerprint density at radius 2 is 2.41 bits per heavy atom. The minimum atomic E-state index is -2.85. The predicted octanol–water partition coefficient (Wildman–Crippen LogP) is -0.557. The maximum atomic E-state index is 11.4. The summed E-state index contributed by atoms with van der Waals surface area (Å²) in [7, 11) is -0.956. The smallest absolute Gasteiger partial charge is 0.151 e. The third kappa shape index (κ3) is 2.92. The first-order chi connectivity index (χ1) is 8.02. The van der Waals surface area contributed by atoms with Crippen molar-refractivity contribution in [2.45, 2.75) is 19.0 Å². The van der Waals surface area contributed by atoms with Gasteiger partial charge in [0, 0.05) is 24.1 Å². The van der Waals surface area contributed by atoms with Gasteiger partial charge in [0.1, 0.15) is 10.7 Å². The van der Waals surface area contributed by atoms with E-state index in [0.29, 0.717) is 13.0 Å². The van der Waals surface area contributed by atoms with E-state index in [0.717, 1.165) is 10.7 Å². The largest absolute Gasteiger partial charge is 0.313 e. The van der Waals surface area contributed by atoms with E-state index in [2.05, 4.69) is 15.0 Å². The first-order valence-electron chi connectivity index (χ1n) is 5.20. The van der Waals surface area contributed by atoms with Gasteiger partial charge in [-0.2, -0.15) is 0 Å². The summed E-state index contributed by atoms with van der Waals surface area (Å²) in [5.74, 6) is 5.84. The van der Waals surface area contributed by atoms with Crippen molar-refractivity contribution < 1.29 is 8.42 Å². The van der Waals surface area contributed by atoms with Gasteiger partial charge in [-0.05, 0) is 13.5 Å². The summed E-state index contributed by atoms with van der Waals surface area (Å²) >= 11 is 1.19. The number of sulfone groups is 1. The number of nitrogens with one attached hydrogen (secondary N) is 1. The van der Waals surface area contributed by atoms with Crippen molar-refractivity contribution in [3.05, 3.63) is 5.69 Å². The summed E-state index contributed by atoms with van der Waals surface area (Å²) in [4.78, 5) is 1.99.